The van der Waals surface area contributed by atoms with E-state index in [4.69, 9.17) is 9.47 Å². The largest absolute Gasteiger partial charge is 0.462 e. The number of nitro benzene ring substituents is 1. The molecular weight excluding hydrogens is 350 g/mol. The van der Waals surface area contributed by atoms with E-state index in [1.165, 1.54) is 30.3 Å². The molecule has 2 aromatic carbocycles. The number of carbonyl (C=O) groups is 2. The van der Waals surface area contributed by atoms with Gasteiger partial charge in [0.1, 0.15) is 5.75 Å². The summed E-state index contributed by atoms with van der Waals surface area (Å²) in [7, 11) is 0. The average Bonchev–Trinajstić information content (AvgIpc) is 2.67. The fourth-order valence-corrected chi connectivity index (χ4v) is 3.31. The summed E-state index contributed by atoms with van der Waals surface area (Å²) in [5.74, 6) is -1.13. The van der Waals surface area contributed by atoms with Crippen LogP contribution in [-0.2, 0) is 16.0 Å². The second-order valence-corrected chi connectivity index (χ2v) is 6.21. The van der Waals surface area contributed by atoms with Crippen molar-refractivity contribution in [3.63, 3.8) is 0 Å². The van der Waals surface area contributed by atoms with Gasteiger partial charge < -0.3 is 9.47 Å². The number of ether oxygens (including phenoxy) is 2. The molecule has 0 aliphatic heterocycles. The lowest BCUT2D eigenvalue weighted by molar-refractivity contribution is -0.385. The molecule has 0 aromatic heterocycles. The molecule has 0 saturated carbocycles. The molecule has 0 amide bonds. The van der Waals surface area contributed by atoms with E-state index in [9.17, 15) is 19.7 Å². The van der Waals surface area contributed by atoms with Gasteiger partial charge in [-0.25, -0.2) is 4.79 Å². The van der Waals surface area contributed by atoms with Crippen LogP contribution < -0.4 is 4.74 Å². The number of fused-ring (bicyclic) bond motifs is 1. The molecule has 2 aromatic rings. The molecule has 1 atom stereocenters. The summed E-state index contributed by atoms with van der Waals surface area (Å²) in [6.45, 7) is 2.00. The quantitative estimate of drug-likeness (QED) is 0.344. The second kappa shape index (κ2) is 7.99. The van der Waals surface area contributed by atoms with E-state index < -0.39 is 22.8 Å². The van der Waals surface area contributed by atoms with Crippen LogP contribution in [0.4, 0.5) is 5.69 Å². The normalized spacial score (nSPS) is 15.5. The molecule has 0 fully saturated rings. The first-order chi connectivity index (χ1) is 13.0. The maximum atomic E-state index is 12.6. The third kappa shape index (κ3) is 3.97. The Morgan fingerprint density at radius 3 is 2.59 bits per heavy atom. The summed E-state index contributed by atoms with van der Waals surface area (Å²) in [6, 6.07) is 10.9. The number of carbonyl (C=O) groups excluding carboxylic acids is 2. The van der Waals surface area contributed by atoms with Crippen LogP contribution in [0.1, 0.15) is 47.2 Å². The van der Waals surface area contributed by atoms with Crippen molar-refractivity contribution in [3.05, 3.63) is 69.3 Å². The number of hydrogen-bond acceptors (Lipinski definition) is 6. The molecule has 7 nitrogen and oxygen atoms in total. The van der Waals surface area contributed by atoms with Crippen molar-refractivity contribution in [2.75, 3.05) is 6.61 Å². The van der Waals surface area contributed by atoms with Crippen LogP contribution >= 0.6 is 0 Å². The van der Waals surface area contributed by atoms with Gasteiger partial charge in [-0.3, -0.25) is 14.9 Å². The van der Waals surface area contributed by atoms with Crippen molar-refractivity contribution in [2.24, 2.45) is 0 Å². The van der Waals surface area contributed by atoms with Gasteiger partial charge in [0.15, 0.2) is 0 Å². The molecule has 1 aliphatic carbocycles. The van der Waals surface area contributed by atoms with E-state index in [0.717, 1.165) is 0 Å². The Balaban J connectivity index is 1.77. The first-order valence-corrected chi connectivity index (χ1v) is 8.76. The Labute approximate surface area is 156 Å². The van der Waals surface area contributed by atoms with Crippen molar-refractivity contribution in [3.8, 4) is 5.75 Å². The molecule has 7 heteroatoms. The maximum Gasteiger partial charge on any atom is 0.338 e. The zero-order chi connectivity index (χ0) is 19.4. The molecule has 1 aliphatic rings. The Bertz CT molecular complexity index is 875. The van der Waals surface area contributed by atoms with E-state index in [1.54, 1.807) is 19.1 Å². The minimum absolute atomic E-state index is 0.0452. The van der Waals surface area contributed by atoms with Crippen LogP contribution in [0, 0.1) is 10.1 Å². The number of hydrogen-bond donors (Lipinski definition) is 0. The minimum Gasteiger partial charge on any atom is -0.462 e. The number of benzene rings is 2. The molecule has 3 rings (SSSR count). The molecule has 0 saturated heterocycles. The van der Waals surface area contributed by atoms with E-state index >= 15 is 0 Å². The summed E-state index contributed by atoms with van der Waals surface area (Å²) in [4.78, 5) is 35.1. The average molecular weight is 369 g/mol. The first-order valence-electron chi connectivity index (χ1n) is 8.76. The van der Waals surface area contributed by atoms with Gasteiger partial charge in [0.2, 0.25) is 0 Å². The summed E-state index contributed by atoms with van der Waals surface area (Å²) in [6.07, 6.45) is 1.83. The van der Waals surface area contributed by atoms with Crippen LogP contribution in [0.3, 0.4) is 0 Å². The summed E-state index contributed by atoms with van der Waals surface area (Å²) in [5, 5.41) is 11.2. The molecule has 27 heavy (non-hydrogen) atoms. The zero-order valence-corrected chi connectivity index (χ0v) is 14.8. The maximum absolute atomic E-state index is 12.6. The summed E-state index contributed by atoms with van der Waals surface area (Å²) >= 11 is 0. The van der Waals surface area contributed by atoms with Crippen molar-refractivity contribution < 1.29 is 24.0 Å². The Kier molecular flexibility index (Phi) is 5.49. The SMILES string of the molecule is CCOC(=O)c1ccc(OC(=O)C2CCCc3c2cccc3[N+](=O)[O-])cc1. The van der Waals surface area contributed by atoms with Gasteiger partial charge >= 0.3 is 11.9 Å². The van der Waals surface area contributed by atoms with Gasteiger partial charge in [0.05, 0.1) is 23.0 Å². The molecule has 0 radical (unpaired) electrons. The molecule has 0 N–H and O–H groups in total. The molecule has 0 heterocycles. The van der Waals surface area contributed by atoms with Gasteiger partial charge in [-0.05, 0) is 56.0 Å². The highest BCUT2D eigenvalue weighted by Gasteiger charge is 2.32. The lowest BCUT2D eigenvalue weighted by atomic mass is 9.82. The summed E-state index contributed by atoms with van der Waals surface area (Å²) < 4.78 is 10.4. The van der Waals surface area contributed by atoms with Gasteiger partial charge in [-0.1, -0.05) is 12.1 Å². The van der Waals surface area contributed by atoms with Gasteiger partial charge in [0.25, 0.3) is 5.69 Å². The number of rotatable bonds is 5. The van der Waals surface area contributed by atoms with Crippen molar-refractivity contribution in [2.45, 2.75) is 32.1 Å². The predicted molar refractivity (Wildman–Crippen MR) is 96.8 cm³/mol. The first kappa shape index (κ1) is 18.6. The van der Waals surface area contributed by atoms with E-state index in [2.05, 4.69) is 0 Å². The highest BCUT2D eigenvalue weighted by atomic mass is 16.6. The van der Waals surface area contributed by atoms with Crippen LogP contribution in [0.5, 0.6) is 5.75 Å². The molecule has 140 valence electrons. The fraction of sp³-hybridized carbons (Fsp3) is 0.300. The van der Waals surface area contributed by atoms with Crippen LogP contribution in [0.25, 0.3) is 0 Å². The highest BCUT2D eigenvalue weighted by Crippen LogP contribution is 2.37. The molecule has 0 bridgehead atoms. The topological polar surface area (TPSA) is 95.7 Å². The monoisotopic (exact) mass is 369 g/mol. The van der Waals surface area contributed by atoms with Crippen molar-refractivity contribution in [1.29, 1.82) is 0 Å². The Morgan fingerprint density at radius 2 is 1.93 bits per heavy atom. The zero-order valence-electron chi connectivity index (χ0n) is 14.8. The van der Waals surface area contributed by atoms with Crippen LogP contribution in [0.2, 0.25) is 0 Å². The Morgan fingerprint density at radius 1 is 1.19 bits per heavy atom. The van der Waals surface area contributed by atoms with Crippen molar-refractivity contribution in [1.82, 2.24) is 0 Å². The van der Waals surface area contributed by atoms with E-state index in [1.807, 2.05) is 0 Å². The lowest BCUT2D eigenvalue weighted by Crippen LogP contribution is -2.23. The van der Waals surface area contributed by atoms with Crippen molar-refractivity contribution >= 4 is 17.6 Å². The van der Waals surface area contributed by atoms with Gasteiger partial charge in [-0.15, -0.1) is 0 Å². The smallest absolute Gasteiger partial charge is 0.338 e. The van der Waals surface area contributed by atoms with Crippen LogP contribution in [0.15, 0.2) is 42.5 Å². The highest BCUT2D eigenvalue weighted by molar-refractivity contribution is 5.89. The third-order valence-corrected chi connectivity index (χ3v) is 4.55. The molecule has 0 spiro atoms. The number of esters is 2. The Hall–Kier alpha value is -3.22. The fourth-order valence-electron chi connectivity index (χ4n) is 3.31. The lowest BCUT2D eigenvalue weighted by Gasteiger charge is -2.23. The minimum atomic E-state index is -0.543. The van der Waals surface area contributed by atoms with Gasteiger partial charge in [-0.2, -0.15) is 0 Å². The summed E-state index contributed by atoms with van der Waals surface area (Å²) in [5.41, 5.74) is 1.68. The van der Waals surface area contributed by atoms with E-state index in [-0.39, 0.29) is 12.3 Å². The third-order valence-electron chi connectivity index (χ3n) is 4.55. The standard InChI is InChI=1S/C20H19NO6/c1-2-26-19(22)13-9-11-14(12-10-13)27-20(23)17-7-3-6-16-15(17)5-4-8-18(16)21(24)25/h4-5,8-12,17H,2-3,6-7H2,1H3. The molecule has 1 unspecified atom stereocenters. The number of nitrogens with zero attached hydrogens (tertiary/aromatic N) is 1. The van der Waals surface area contributed by atoms with Crippen LogP contribution in [-0.4, -0.2) is 23.5 Å². The van der Waals surface area contributed by atoms with Gasteiger partial charge in [0, 0.05) is 11.6 Å². The molecular formula is C20H19NO6. The number of nitro groups is 1. The predicted octanol–water partition coefficient (Wildman–Crippen LogP) is 3.80. The second-order valence-electron chi connectivity index (χ2n) is 6.21. The van der Waals surface area contributed by atoms with E-state index in [0.29, 0.717) is 41.7 Å².